The molecule has 0 radical (unpaired) electrons. The number of hydrogen-bond donors (Lipinski definition) is 1. The standard InChI is InChI=1S/C19H22ClN5O2/c1-4-26-17-9-15(11-21-19-22-23-24-25(19)3)16(20)10-18(17)27-12-14-8-6-5-7-13(14)2/h5-10H,4,11-12H2,1-3H3,(H,21,22,24). The molecule has 8 heteroatoms. The summed E-state index contributed by atoms with van der Waals surface area (Å²) >= 11 is 6.46. The number of hydrogen-bond acceptors (Lipinski definition) is 6. The van der Waals surface area contributed by atoms with Crippen molar-refractivity contribution in [2.75, 3.05) is 11.9 Å². The van der Waals surface area contributed by atoms with E-state index < -0.39 is 0 Å². The molecule has 7 nitrogen and oxygen atoms in total. The molecule has 0 aliphatic rings. The van der Waals surface area contributed by atoms with Crippen LogP contribution in [0.2, 0.25) is 5.02 Å². The highest BCUT2D eigenvalue weighted by atomic mass is 35.5. The number of tetrazole rings is 1. The third-order valence-electron chi connectivity index (χ3n) is 4.11. The Hall–Kier alpha value is -2.80. The van der Waals surface area contributed by atoms with Gasteiger partial charge in [0.1, 0.15) is 6.61 Å². The molecule has 1 aromatic heterocycles. The van der Waals surface area contributed by atoms with E-state index >= 15 is 0 Å². The molecule has 0 spiro atoms. The normalized spacial score (nSPS) is 10.7. The fourth-order valence-electron chi connectivity index (χ4n) is 2.57. The van der Waals surface area contributed by atoms with Gasteiger partial charge in [0.2, 0.25) is 5.95 Å². The first-order valence-corrected chi connectivity index (χ1v) is 9.05. The van der Waals surface area contributed by atoms with E-state index in [1.54, 1.807) is 17.8 Å². The molecule has 3 aromatic rings. The number of ether oxygens (including phenoxy) is 2. The molecule has 0 saturated heterocycles. The Bertz CT molecular complexity index is 913. The maximum absolute atomic E-state index is 6.46. The number of nitrogens with zero attached hydrogens (tertiary/aromatic N) is 4. The minimum Gasteiger partial charge on any atom is -0.490 e. The van der Waals surface area contributed by atoms with Gasteiger partial charge in [-0.3, -0.25) is 0 Å². The molecule has 3 rings (SSSR count). The Morgan fingerprint density at radius 1 is 1.11 bits per heavy atom. The molecule has 0 aliphatic heterocycles. The number of halogens is 1. The van der Waals surface area contributed by atoms with Crippen LogP contribution in [0, 0.1) is 6.92 Å². The van der Waals surface area contributed by atoms with E-state index in [-0.39, 0.29) is 0 Å². The second kappa shape index (κ2) is 8.73. The minimum atomic E-state index is 0.450. The highest BCUT2D eigenvalue weighted by Crippen LogP contribution is 2.34. The van der Waals surface area contributed by atoms with E-state index in [0.717, 1.165) is 11.1 Å². The van der Waals surface area contributed by atoms with E-state index in [1.165, 1.54) is 5.56 Å². The predicted molar refractivity (Wildman–Crippen MR) is 104 cm³/mol. The van der Waals surface area contributed by atoms with E-state index in [2.05, 4.69) is 33.8 Å². The molecule has 1 N–H and O–H groups in total. The summed E-state index contributed by atoms with van der Waals surface area (Å²) in [4.78, 5) is 0. The van der Waals surface area contributed by atoms with Gasteiger partial charge < -0.3 is 14.8 Å². The van der Waals surface area contributed by atoms with Crippen LogP contribution < -0.4 is 14.8 Å². The van der Waals surface area contributed by atoms with Crippen molar-refractivity contribution < 1.29 is 9.47 Å². The molecule has 0 saturated carbocycles. The first-order valence-electron chi connectivity index (χ1n) is 8.67. The average molecular weight is 388 g/mol. The Morgan fingerprint density at radius 3 is 2.59 bits per heavy atom. The van der Waals surface area contributed by atoms with Crippen molar-refractivity contribution in [1.29, 1.82) is 0 Å². The lowest BCUT2D eigenvalue weighted by Crippen LogP contribution is -2.07. The molecule has 0 unspecified atom stereocenters. The molecule has 27 heavy (non-hydrogen) atoms. The van der Waals surface area contributed by atoms with Crippen molar-refractivity contribution in [3.05, 3.63) is 58.1 Å². The van der Waals surface area contributed by atoms with Crippen LogP contribution in [-0.4, -0.2) is 26.8 Å². The first kappa shape index (κ1) is 19.0. The lowest BCUT2D eigenvalue weighted by molar-refractivity contribution is 0.268. The Labute approximate surface area is 163 Å². The van der Waals surface area contributed by atoms with Gasteiger partial charge in [0.05, 0.1) is 6.61 Å². The molecule has 1 heterocycles. The van der Waals surface area contributed by atoms with Crippen LogP contribution in [0.5, 0.6) is 11.5 Å². The van der Waals surface area contributed by atoms with Crippen molar-refractivity contribution >= 4 is 17.5 Å². The largest absolute Gasteiger partial charge is 0.490 e. The average Bonchev–Trinajstić information content (AvgIpc) is 3.06. The maximum atomic E-state index is 6.46. The van der Waals surface area contributed by atoms with Crippen molar-refractivity contribution in [1.82, 2.24) is 20.2 Å². The van der Waals surface area contributed by atoms with Crippen molar-refractivity contribution in [2.24, 2.45) is 7.05 Å². The topological polar surface area (TPSA) is 74.1 Å². The van der Waals surface area contributed by atoms with Gasteiger partial charge in [0.15, 0.2) is 11.5 Å². The van der Waals surface area contributed by atoms with Crippen molar-refractivity contribution in [3.8, 4) is 11.5 Å². The molecule has 0 atom stereocenters. The predicted octanol–water partition coefficient (Wildman–Crippen LogP) is 3.76. The van der Waals surface area contributed by atoms with Crippen LogP contribution in [0.15, 0.2) is 36.4 Å². The van der Waals surface area contributed by atoms with E-state index in [0.29, 0.717) is 42.2 Å². The molecule has 0 fully saturated rings. The van der Waals surface area contributed by atoms with E-state index in [1.807, 2.05) is 31.2 Å². The monoisotopic (exact) mass is 387 g/mol. The van der Waals surface area contributed by atoms with Gasteiger partial charge in [-0.1, -0.05) is 41.0 Å². The lowest BCUT2D eigenvalue weighted by atomic mass is 10.1. The molecule has 0 amide bonds. The number of rotatable bonds is 8. The fourth-order valence-corrected chi connectivity index (χ4v) is 2.80. The summed E-state index contributed by atoms with van der Waals surface area (Å²) in [6.07, 6.45) is 0. The van der Waals surface area contributed by atoms with Crippen molar-refractivity contribution in [2.45, 2.75) is 27.0 Å². The summed E-state index contributed by atoms with van der Waals surface area (Å²) in [5.41, 5.74) is 3.17. The summed E-state index contributed by atoms with van der Waals surface area (Å²) in [5.74, 6) is 1.83. The minimum absolute atomic E-state index is 0.450. The summed E-state index contributed by atoms with van der Waals surface area (Å²) < 4.78 is 13.3. The third-order valence-corrected chi connectivity index (χ3v) is 4.47. The summed E-state index contributed by atoms with van der Waals surface area (Å²) in [6.45, 7) is 5.44. The van der Waals surface area contributed by atoms with Crippen LogP contribution in [0.25, 0.3) is 0 Å². The SMILES string of the molecule is CCOc1cc(CNc2nnnn2C)c(Cl)cc1OCc1ccccc1C. The molecule has 142 valence electrons. The maximum Gasteiger partial charge on any atom is 0.242 e. The van der Waals surface area contributed by atoms with E-state index in [9.17, 15) is 0 Å². The quantitative estimate of drug-likeness (QED) is 0.634. The summed E-state index contributed by atoms with van der Waals surface area (Å²) in [5, 5.41) is 15.0. The fraction of sp³-hybridized carbons (Fsp3) is 0.316. The molecular formula is C19H22ClN5O2. The summed E-state index contributed by atoms with van der Waals surface area (Å²) in [6, 6.07) is 11.8. The highest BCUT2D eigenvalue weighted by Gasteiger charge is 2.13. The number of aryl methyl sites for hydroxylation is 2. The van der Waals surface area contributed by atoms with E-state index in [4.69, 9.17) is 21.1 Å². The zero-order valence-electron chi connectivity index (χ0n) is 15.6. The summed E-state index contributed by atoms with van der Waals surface area (Å²) in [7, 11) is 1.76. The number of nitrogens with one attached hydrogen (secondary N) is 1. The number of aromatic nitrogens is 4. The third kappa shape index (κ3) is 4.68. The van der Waals surface area contributed by atoms with Gasteiger partial charge in [0, 0.05) is 24.7 Å². The Morgan fingerprint density at radius 2 is 1.89 bits per heavy atom. The van der Waals surface area contributed by atoms with Gasteiger partial charge in [-0.15, -0.1) is 0 Å². The Balaban J connectivity index is 1.77. The van der Waals surface area contributed by atoms with Gasteiger partial charge in [-0.2, -0.15) is 0 Å². The molecule has 0 bridgehead atoms. The lowest BCUT2D eigenvalue weighted by Gasteiger charge is -2.16. The van der Waals surface area contributed by atoms with Crippen LogP contribution in [0.1, 0.15) is 23.6 Å². The van der Waals surface area contributed by atoms with Gasteiger partial charge >= 0.3 is 0 Å². The molecule has 0 aliphatic carbocycles. The zero-order chi connectivity index (χ0) is 19.2. The van der Waals surface area contributed by atoms with Gasteiger partial charge in [-0.25, -0.2) is 4.68 Å². The number of anilines is 1. The zero-order valence-corrected chi connectivity index (χ0v) is 16.3. The Kier molecular flexibility index (Phi) is 6.13. The van der Waals surface area contributed by atoms with Gasteiger partial charge in [-0.05, 0) is 47.0 Å². The van der Waals surface area contributed by atoms with Crippen LogP contribution in [-0.2, 0) is 20.2 Å². The molecule has 2 aromatic carbocycles. The number of benzene rings is 2. The van der Waals surface area contributed by atoms with Crippen LogP contribution in [0.3, 0.4) is 0 Å². The first-order chi connectivity index (χ1) is 13.1. The van der Waals surface area contributed by atoms with Crippen LogP contribution >= 0.6 is 11.6 Å². The smallest absolute Gasteiger partial charge is 0.242 e. The van der Waals surface area contributed by atoms with Crippen molar-refractivity contribution in [3.63, 3.8) is 0 Å². The highest BCUT2D eigenvalue weighted by molar-refractivity contribution is 6.31. The van der Waals surface area contributed by atoms with Crippen LogP contribution in [0.4, 0.5) is 5.95 Å². The van der Waals surface area contributed by atoms with Gasteiger partial charge in [0.25, 0.3) is 0 Å². The second-order valence-corrected chi connectivity index (χ2v) is 6.43. The second-order valence-electron chi connectivity index (χ2n) is 6.02. The molecular weight excluding hydrogens is 366 g/mol.